The summed E-state index contributed by atoms with van der Waals surface area (Å²) in [6.45, 7) is 5.08. The fourth-order valence-corrected chi connectivity index (χ4v) is 1.43. The molecular weight excluding hydrogens is 186 g/mol. The van der Waals surface area contributed by atoms with E-state index < -0.39 is 0 Å². The van der Waals surface area contributed by atoms with E-state index >= 15 is 0 Å². The quantitative estimate of drug-likeness (QED) is 0.715. The lowest BCUT2D eigenvalue weighted by Crippen LogP contribution is -2.21. The second-order valence-corrected chi connectivity index (χ2v) is 4.10. The van der Waals surface area contributed by atoms with Crippen molar-refractivity contribution >= 4 is 0 Å². The van der Waals surface area contributed by atoms with Crippen molar-refractivity contribution < 1.29 is 0 Å². The minimum atomic E-state index is 0.870. The van der Waals surface area contributed by atoms with Crippen LogP contribution >= 0.6 is 0 Å². The van der Waals surface area contributed by atoms with Crippen LogP contribution < -0.4 is 5.32 Å². The molecule has 1 aromatic heterocycles. The van der Waals surface area contributed by atoms with Gasteiger partial charge in [-0.05, 0) is 52.7 Å². The molecule has 0 aromatic carbocycles. The molecule has 0 spiro atoms. The lowest BCUT2D eigenvalue weighted by atomic mass is 10.3. The third kappa shape index (κ3) is 5.50. The predicted octanol–water partition coefficient (Wildman–Crippen LogP) is 1.43. The molecule has 15 heavy (non-hydrogen) atoms. The number of aromatic nitrogens is 1. The van der Waals surface area contributed by atoms with Crippen molar-refractivity contribution in [3.8, 4) is 0 Å². The maximum absolute atomic E-state index is 4.43. The van der Waals surface area contributed by atoms with Gasteiger partial charge in [-0.1, -0.05) is 6.07 Å². The van der Waals surface area contributed by atoms with Crippen molar-refractivity contribution in [2.75, 3.05) is 27.2 Å². The molecule has 1 aromatic rings. The normalized spacial score (nSPS) is 10.9. The highest BCUT2D eigenvalue weighted by molar-refractivity contribution is 5.09. The van der Waals surface area contributed by atoms with Gasteiger partial charge in [-0.2, -0.15) is 0 Å². The van der Waals surface area contributed by atoms with E-state index in [1.807, 2.05) is 13.0 Å². The molecule has 0 atom stereocenters. The Bertz CT molecular complexity index is 284. The monoisotopic (exact) mass is 207 g/mol. The van der Waals surface area contributed by atoms with Crippen LogP contribution in [0.25, 0.3) is 0 Å². The van der Waals surface area contributed by atoms with E-state index in [9.17, 15) is 0 Å². The van der Waals surface area contributed by atoms with Crippen LogP contribution in [0.1, 0.15) is 17.8 Å². The van der Waals surface area contributed by atoms with E-state index in [0.29, 0.717) is 0 Å². The number of pyridine rings is 1. The number of hydrogen-bond donors (Lipinski definition) is 1. The summed E-state index contributed by atoms with van der Waals surface area (Å²) in [6, 6.07) is 6.14. The molecular formula is C12H21N3. The van der Waals surface area contributed by atoms with E-state index in [1.54, 1.807) is 0 Å². The summed E-state index contributed by atoms with van der Waals surface area (Å²) < 4.78 is 0. The summed E-state index contributed by atoms with van der Waals surface area (Å²) in [4.78, 5) is 6.63. The molecule has 0 bridgehead atoms. The summed E-state index contributed by atoms with van der Waals surface area (Å²) in [5.41, 5.74) is 2.21. The van der Waals surface area contributed by atoms with Gasteiger partial charge in [0.25, 0.3) is 0 Å². The van der Waals surface area contributed by atoms with Crippen LogP contribution in [0.15, 0.2) is 18.2 Å². The van der Waals surface area contributed by atoms with Gasteiger partial charge in [0, 0.05) is 12.2 Å². The first-order valence-electron chi connectivity index (χ1n) is 5.46. The minimum Gasteiger partial charge on any atom is -0.311 e. The van der Waals surface area contributed by atoms with Crippen molar-refractivity contribution in [1.82, 2.24) is 15.2 Å². The average molecular weight is 207 g/mol. The Morgan fingerprint density at radius 3 is 2.80 bits per heavy atom. The molecule has 1 heterocycles. The van der Waals surface area contributed by atoms with E-state index in [2.05, 4.69) is 41.4 Å². The first kappa shape index (κ1) is 12.1. The summed E-state index contributed by atoms with van der Waals surface area (Å²) in [6.07, 6.45) is 1.18. The molecule has 1 N–H and O–H groups in total. The van der Waals surface area contributed by atoms with E-state index in [-0.39, 0.29) is 0 Å². The predicted molar refractivity (Wildman–Crippen MR) is 63.9 cm³/mol. The van der Waals surface area contributed by atoms with Crippen LogP contribution in [0.4, 0.5) is 0 Å². The molecule has 1 rings (SSSR count). The largest absolute Gasteiger partial charge is 0.311 e. The van der Waals surface area contributed by atoms with Gasteiger partial charge >= 0.3 is 0 Å². The third-order valence-corrected chi connectivity index (χ3v) is 2.21. The fraction of sp³-hybridized carbons (Fsp3) is 0.583. The maximum Gasteiger partial charge on any atom is 0.0544 e. The zero-order valence-corrected chi connectivity index (χ0v) is 9.95. The van der Waals surface area contributed by atoms with Crippen LogP contribution in [-0.4, -0.2) is 37.1 Å². The Morgan fingerprint density at radius 2 is 2.13 bits per heavy atom. The second kappa shape index (κ2) is 6.53. The molecule has 0 saturated carbocycles. The molecule has 0 unspecified atom stereocenters. The highest BCUT2D eigenvalue weighted by Crippen LogP contribution is 1.97. The maximum atomic E-state index is 4.43. The van der Waals surface area contributed by atoms with Crippen molar-refractivity contribution in [2.45, 2.75) is 19.9 Å². The Kier molecular flexibility index (Phi) is 5.29. The molecule has 3 nitrogen and oxygen atoms in total. The summed E-state index contributed by atoms with van der Waals surface area (Å²) in [5, 5.41) is 3.40. The summed E-state index contributed by atoms with van der Waals surface area (Å²) in [5.74, 6) is 0. The van der Waals surface area contributed by atoms with Gasteiger partial charge < -0.3 is 10.2 Å². The SMILES string of the molecule is Cc1cccc(CNCCCN(C)C)n1. The molecule has 0 amide bonds. The summed E-state index contributed by atoms with van der Waals surface area (Å²) in [7, 11) is 4.20. The molecule has 0 aliphatic carbocycles. The van der Waals surface area contributed by atoms with E-state index in [4.69, 9.17) is 0 Å². The molecule has 0 aliphatic heterocycles. The topological polar surface area (TPSA) is 28.2 Å². The Hall–Kier alpha value is -0.930. The standard InChI is InChI=1S/C12H21N3/c1-11-6-4-7-12(14-11)10-13-8-5-9-15(2)3/h4,6-7,13H,5,8-10H2,1-3H3. The highest BCUT2D eigenvalue weighted by Gasteiger charge is 1.94. The molecule has 0 aliphatic rings. The van der Waals surface area contributed by atoms with E-state index in [0.717, 1.165) is 31.0 Å². The van der Waals surface area contributed by atoms with Gasteiger partial charge in [0.15, 0.2) is 0 Å². The number of aryl methyl sites for hydroxylation is 1. The van der Waals surface area contributed by atoms with Crippen LogP contribution in [0.3, 0.4) is 0 Å². The molecule has 0 radical (unpaired) electrons. The number of nitrogens with one attached hydrogen (secondary N) is 1. The first-order chi connectivity index (χ1) is 7.18. The zero-order chi connectivity index (χ0) is 11.1. The smallest absolute Gasteiger partial charge is 0.0544 e. The minimum absolute atomic E-state index is 0.870. The highest BCUT2D eigenvalue weighted by atomic mass is 15.1. The van der Waals surface area contributed by atoms with E-state index in [1.165, 1.54) is 6.42 Å². The molecule has 0 saturated heterocycles. The average Bonchev–Trinajstić information content (AvgIpc) is 2.17. The van der Waals surface area contributed by atoms with Gasteiger partial charge in [0.1, 0.15) is 0 Å². The Balaban J connectivity index is 2.15. The van der Waals surface area contributed by atoms with Gasteiger partial charge in [-0.3, -0.25) is 4.98 Å². The number of rotatable bonds is 6. The molecule has 0 fully saturated rings. The van der Waals surface area contributed by atoms with Crippen LogP contribution in [-0.2, 0) is 6.54 Å². The Morgan fingerprint density at radius 1 is 1.33 bits per heavy atom. The van der Waals surface area contributed by atoms with Gasteiger partial charge in [0.2, 0.25) is 0 Å². The molecule has 84 valence electrons. The number of hydrogen-bond acceptors (Lipinski definition) is 3. The summed E-state index contributed by atoms with van der Waals surface area (Å²) >= 11 is 0. The van der Waals surface area contributed by atoms with Crippen molar-refractivity contribution in [3.63, 3.8) is 0 Å². The van der Waals surface area contributed by atoms with Gasteiger partial charge in [-0.25, -0.2) is 0 Å². The first-order valence-corrected chi connectivity index (χ1v) is 5.46. The number of nitrogens with zero attached hydrogens (tertiary/aromatic N) is 2. The van der Waals surface area contributed by atoms with Crippen molar-refractivity contribution in [3.05, 3.63) is 29.6 Å². The van der Waals surface area contributed by atoms with Gasteiger partial charge in [0.05, 0.1) is 5.69 Å². The third-order valence-electron chi connectivity index (χ3n) is 2.21. The van der Waals surface area contributed by atoms with Crippen LogP contribution in [0.2, 0.25) is 0 Å². The lowest BCUT2D eigenvalue weighted by Gasteiger charge is -2.09. The van der Waals surface area contributed by atoms with Crippen LogP contribution in [0.5, 0.6) is 0 Å². The Labute approximate surface area is 92.5 Å². The second-order valence-electron chi connectivity index (χ2n) is 4.10. The fourth-order valence-electron chi connectivity index (χ4n) is 1.43. The van der Waals surface area contributed by atoms with Crippen LogP contribution in [0, 0.1) is 6.92 Å². The van der Waals surface area contributed by atoms with Gasteiger partial charge in [-0.15, -0.1) is 0 Å². The molecule has 3 heteroatoms. The van der Waals surface area contributed by atoms with Crippen molar-refractivity contribution in [1.29, 1.82) is 0 Å². The zero-order valence-electron chi connectivity index (χ0n) is 9.95. The lowest BCUT2D eigenvalue weighted by molar-refractivity contribution is 0.394. The van der Waals surface area contributed by atoms with Crippen molar-refractivity contribution in [2.24, 2.45) is 0 Å².